The third-order valence-corrected chi connectivity index (χ3v) is 3.42. The molecule has 3 aromatic carbocycles. The van der Waals surface area contributed by atoms with Crippen LogP contribution in [0.4, 0.5) is 0 Å². The summed E-state index contributed by atoms with van der Waals surface area (Å²) in [6.45, 7) is 0. The van der Waals surface area contributed by atoms with Gasteiger partial charge in [-0.2, -0.15) is 5.10 Å². The van der Waals surface area contributed by atoms with Crippen LogP contribution in [0.25, 0.3) is 10.8 Å². The monoisotopic (exact) mass is 306 g/mol. The molecule has 0 aliphatic rings. The lowest BCUT2D eigenvalue weighted by molar-refractivity contribution is 0.0952. The van der Waals surface area contributed by atoms with Crippen LogP contribution in [0.2, 0.25) is 0 Å². The first-order valence-corrected chi connectivity index (χ1v) is 6.98. The van der Waals surface area contributed by atoms with Crippen molar-refractivity contribution in [3.8, 4) is 11.5 Å². The van der Waals surface area contributed by atoms with Gasteiger partial charge in [-0.1, -0.05) is 36.4 Å². The maximum absolute atomic E-state index is 12.1. The van der Waals surface area contributed by atoms with E-state index >= 15 is 0 Å². The molecule has 0 aliphatic carbocycles. The molecule has 3 rings (SSSR count). The molecule has 0 saturated carbocycles. The van der Waals surface area contributed by atoms with Gasteiger partial charge in [0.15, 0.2) is 0 Å². The number of phenolic OH excluding ortho intramolecular Hbond substituents is 2. The lowest BCUT2D eigenvalue weighted by Gasteiger charge is -2.05. The summed E-state index contributed by atoms with van der Waals surface area (Å²) in [5.74, 6) is -0.571. The fourth-order valence-corrected chi connectivity index (χ4v) is 2.23. The highest BCUT2D eigenvalue weighted by atomic mass is 16.3. The minimum Gasteiger partial charge on any atom is -0.507 e. The largest absolute Gasteiger partial charge is 0.507 e. The van der Waals surface area contributed by atoms with Gasteiger partial charge >= 0.3 is 0 Å². The number of amides is 1. The van der Waals surface area contributed by atoms with Gasteiger partial charge in [0.25, 0.3) is 5.91 Å². The van der Waals surface area contributed by atoms with Crippen LogP contribution in [0.5, 0.6) is 11.5 Å². The van der Waals surface area contributed by atoms with Crippen molar-refractivity contribution in [1.29, 1.82) is 0 Å². The number of rotatable bonds is 3. The molecule has 5 heteroatoms. The molecule has 0 aliphatic heterocycles. The first kappa shape index (κ1) is 14.6. The van der Waals surface area contributed by atoms with Crippen molar-refractivity contribution < 1.29 is 15.0 Å². The van der Waals surface area contributed by atoms with E-state index in [1.165, 1.54) is 18.3 Å². The Bertz CT molecular complexity index is 904. The predicted molar refractivity (Wildman–Crippen MR) is 88.8 cm³/mol. The number of hydrazone groups is 1. The van der Waals surface area contributed by atoms with Crippen LogP contribution in [0.15, 0.2) is 65.8 Å². The van der Waals surface area contributed by atoms with Crippen molar-refractivity contribution >= 4 is 22.9 Å². The molecule has 23 heavy (non-hydrogen) atoms. The summed E-state index contributed by atoms with van der Waals surface area (Å²) in [7, 11) is 0. The molecule has 5 nitrogen and oxygen atoms in total. The van der Waals surface area contributed by atoms with E-state index in [2.05, 4.69) is 10.5 Å². The van der Waals surface area contributed by atoms with E-state index in [-0.39, 0.29) is 17.1 Å². The molecule has 3 aromatic rings. The number of nitrogens with one attached hydrogen (secondary N) is 1. The molecule has 0 atom stereocenters. The Morgan fingerprint density at radius 1 is 0.913 bits per heavy atom. The fourth-order valence-electron chi connectivity index (χ4n) is 2.23. The Labute approximate surface area is 132 Å². The molecule has 0 bridgehead atoms. The van der Waals surface area contributed by atoms with E-state index in [0.29, 0.717) is 5.56 Å². The molecule has 3 N–H and O–H groups in total. The van der Waals surface area contributed by atoms with E-state index in [1.54, 1.807) is 24.3 Å². The summed E-state index contributed by atoms with van der Waals surface area (Å²) >= 11 is 0. The first-order valence-electron chi connectivity index (χ1n) is 6.98. The summed E-state index contributed by atoms with van der Waals surface area (Å²) in [5.41, 5.74) is 2.96. The van der Waals surface area contributed by atoms with Crippen molar-refractivity contribution in [2.45, 2.75) is 0 Å². The zero-order chi connectivity index (χ0) is 16.2. The van der Waals surface area contributed by atoms with Gasteiger partial charge in [0.2, 0.25) is 0 Å². The van der Waals surface area contributed by atoms with Crippen molar-refractivity contribution in [1.82, 2.24) is 5.43 Å². The molecule has 0 unspecified atom stereocenters. The van der Waals surface area contributed by atoms with Crippen LogP contribution in [-0.4, -0.2) is 22.3 Å². The second-order valence-corrected chi connectivity index (χ2v) is 4.97. The average molecular weight is 306 g/mol. The molecule has 1 amide bonds. The summed E-state index contributed by atoms with van der Waals surface area (Å²) in [6.07, 6.45) is 1.34. The van der Waals surface area contributed by atoms with Crippen LogP contribution in [-0.2, 0) is 0 Å². The van der Waals surface area contributed by atoms with Gasteiger partial charge in [-0.05, 0) is 35.0 Å². The number of hydrogen-bond donors (Lipinski definition) is 3. The van der Waals surface area contributed by atoms with Crippen LogP contribution in [0.1, 0.15) is 15.9 Å². The van der Waals surface area contributed by atoms with Crippen LogP contribution >= 0.6 is 0 Å². The van der Waals surface area contributed by atoms with Crippen molar-refractivity contribution in [2.75, 3.05) is 0 Å². The number of nitrogens with zero attached hydrogens (tertiary/aromatic N) is 1. The van der Waals surface area contributed by atoms with Gasteiger partial charge in [0, 0.05) is 5.56 Å². The van der Waals surface area contributed by atoms with E-state index in [1.807, 2.05) is 24.3 Å². The molecular weight excluding hydrogens is 292 g/mol. The summed E-state index contributed by atoms with van der Waals surface area (Å²) in [6, 6.07) is 17.2. The third-order valence-electron chi connectivity index (χ3n) is 3.42. The summed E-state index contributed by atoms with van der Waals surface area (Å²) in [5, 5.41) is 25.1. The number of carbonyl (C=O) groups is 1. The number of carbonyl (C=O) groups excluding carboxylic acids is 1. The van der Waals surface area contributed by atoms with Crippen LogP contribution in [0.3, 0.4) is 0 Å². The zero-order valence-electron chi connectivity index (χ0n) is 12.1. The van der Waals surface area contributed by atoms with Crippen LogP contribution < -0.4 is 5.43 Å². The second-order valence-electron chi connectivity index (χ2n) is 4.97. The maximum atomic E-state index is 12.1. The van der Waals surface area contributed by atoms with E-state index in [0.717, 1.165) is 10.8 Å². The molecule has 0 aromatic heterocycles. The fraction of sp³-hybridized carbons (Fsp3) is 0. The highest BCUT2D eigenvalue weighted by Gasteiger charge is 2.11. The number of phenols is 2. The lowest BCUT2D eigenvalue weighted by Crippen LogP contribution is -2.17. The molecule has 0 fully saturated rings. The Balaban J connectivity index is 1.81. The van der Waals surface area contributed by atoms with Crippen molar-refractivity contribution in [3.05, 3.63) is 71.8 Å². The molecule has 0 radical (unpaired) electrons. The summed E-state index contributed by atoms with van der Waals surface area (Å²) in [4.78, 5) is 12.1. The third kappa shape index (κ3) is 3.13. The first-order chi connectivity index (χ1) is 11.1. The molecule has 0 spiro atoms. The SMILES string of the molecule is O=C(NN=Cc1ccccc1O)c1cc2ccccc2cc1O. The zero-order valence-corrected chi connectivity index (χ0v) is 12.1. The Morgan fingerprint density at radius 3 is 2.30 bits per heavy atom. The Kier molecular flexibility index (Phi) is 3.93. The van der Waals surface area contributed by atoms with Gasteiger partial charge in [-0.15, -0.1) is 0 Å². The number of fused-ring (bicyclic) bond motifs is 1. The standard InChI is InChI=1S/C18H14N2O3/c21-16-8-4-3-7-14(16)11-19-20-18(23)15-9-12-5-1-2-6-13(12)10-17(15)22/h1-11,21-22H,(H,20,23). The summed E-state index contributed by atoms with van der Waals surface area (Å²) < 4.78 is 0. The smallest absolute Gasteiger partial charge is 0.275 e. The maximum Gasteiger partial charge on any atom is 0.275 e. The number of benzene rings is 3. The highest BCUT2D eigenvalue weighted by Crippen LogP contribution is 2.24. The second kappa shape index (κ2) is 6.19. The lowest BCUT2D eigenvalue weighted by atomic mass is 10.1. The quantitative estimate of drug-likeness (QED) is 0.514. The molecule has 0 saturated heterocycles. The van der Waals surface area contributed by atoms with Crippen molar-refractivity contribution in [2.24, 2.45) is 5.10 Å². The van der Waals surface area contributed by atoms with Crippen molar-refractivity contribution in [3.63, 3.8) is 0 Å². The van der Waals surface area contributed by atoms with E-state index in [4.69, 9.17) is 0 Å². The highest BCUT2D eigenvalue weighted by molar-refractivity contribution is 6.01. The van der Waals surface area contributed by atoms with Gasteiger partial charge in [-0.25, -0.2) is 5.43 Å². The van der Waals surface area contributed by atoms with Gasteiger partial charge in [0.05, 0.1) is 11.8 Å². The molecule has 0 heterocycles. The van der Waals surface area contributed by atoms with Gasteiger partial charge in [-0.3, -0.25) is 4.79 Å². The van der Waals surface area contributed by atoms with E-state index in [9.17, 15) is 15.0 Å². The minimum atomic E-state index is -0.528. The molecule has 114 valence electrons. The van der Waals surface area contributed by atoms with Gasteiger partial charge < -0.3 is 10.2 Å². The normalized spacial score (nSPS) is 11.0. The van der Waals surface area contributed by atoms with E-state index < -0.39 is 5.91 Å². The number of aromatic hydroxyl groups is 2. The minimum absolute atomic E-state index is 0.0686. The molecular formula is C18H14N2O3. The topological polar surface area (TPSA) is 81.9 Å². The average Bonchev–Trinajstić information content (AvgIpc) is 2.56. The van der Waals surface area contributed by atoms with Crippen LogP contribution in [0, 0.1) is 0 Å². The number of hydrogen-bond acceptors (Lipinski definition) is 4. The predicted octanol–water partition coefficient (Wildman–Crippen LogP) is 3.01. The Hall–Kier alpha value is -3.34. The Morgan fingerprint density at radius 2 is 1.57 bits per heavy atom. The number of para-hydroxylation sites is 1. The van der Waals surface area contributed by atoms with Gasteiger partial charge in [0.1, 0.15) is 11.5 Å².